The molecule has 0 bridgehead atoms. The fourth-order valence-corrected chi connectivity index (χ4v) is 2.08. The lowest BCUT2D eigenvalue weighted by Gasteiger charge is -2.27. The van der Waals surface area contributed by atoms with Crippen LogP contribution in [0.2, 0.25) is 0 Å². The molecular formula is C11H19NO4. The normalized spacial score (nSPS) is 34.0. The summed E-state index contributed by atoms with van der Waals surface area (Å²) >= 11 is 0. The largest absolute Gasteiger partial charge is 0.444 e. The van der Waals surface area contributed by atoms with E-state index < -0.39 is 11.9 Å². The van der Waals surface area contributed by atoms with Gasteiger partial charge >= 0.3 is 6.09 Å². The lowest BCUT2D eigenvalue weighted by molar-refractivity contribution is 0.0204. The summed E-state index contributed by atoms with van der Waals surface area (Å²) in [6.07, 6.45) is 0.595. The molecule has 1 amide bonds. The Morgan fingerprint density at radius 2 is 2.12 bits per heavy atom. The molecule has 5 heteroatoms. The molecule has 3 atom stereocenters. The number of ether oxygens (including phenoxy) is 2. The molecule has 1 N–H and O–H groups in total. The zero-order valence-electron chi connectivity index (χ0n) is 9.97. The Labute approximate surface area is 95.3 Å². The highest BCUT2D eigenvalue weighted by atomic mass is 16.7. The van der Waals surface area contributed by atoms with Crippen molar-refractivity contribution in [3.63, 3.8) is 0 Å². The third kappa shape index (κ3) is 2.47. The first-order valence-electron chi connectivity index (χ1n) is 5.71. The molecule has 0 aromatic heterocycles. The third-order valence-corrected chi connectivity index (χ3v) is 2.81. The number of carbonyl (C=O) groups excluding carboxylic acids is 1. The lowest BCUT2D eigenvalue weighted by Crippen LogP contribution is -2.42. The standard InChI is InChI=1S/C11H19NO4/c1-11(2,3)16-10(14)12-6-4-5-7(12)8-9(13)15-8/h7-9,13H,4-6H2,1-3H3. The second kappa shape index (κ2) is 3.89. The topological polar surface area (TPSA) is 62.3 Å². The van der Waals surface area contributed by atoms with E-state index in [-0.39, 0.29) is 18.2 Å². The number of rotatable bonds is 1. The SMILES string of the molecule is CC(C)(C)OC(=O)N1CCCC1C1OC1O. The monoisotopic (exact) mass is 229 g/mol. The van der Waals surface area contributed by atoms with Crippen molar-refractivity contribution in [3.8, 4) is 0 Å². The molecule has 0 spiro atoms. The van der Waals surface area contributed by atoms with Crippen molar-refractivity contribution in [2.75, 3.05) is 6.54 Å². The highest BCUT2D eigenvalue weighted by Crippen LogP contribution is 2.33. The van der Waals surface area contributed by atoms with Crippen molar-refractivity contribution >= 4 is 6.09 Å². The van der Waals surface area contributed by atoms with Gasteiger partial charge in [0, 0.05) is 6.54 Å². The number of epoxide rings is 1. The number of likely N-dealkylation sites (tertiary alicyclic amines) is 1. The minimum Gasteiger partial charge on any atom is -0.444 e. The molecule has 16 heavy (non-hydrogen) atoms. The first kappa shape index (κ1) is 11.7. The Morgan fingerprint density at radius 1 is 1.50 bits per heavy atom. The molecule has 0 aliphatic carbocycles. The summed E-state index contributed by atoms with van der Waals surface area (Å²) < 4.78 is 10.3. The molecule has 2 aliphatic heterocycles. The molecule has 2 fully saturated rings. The third-order valence-electron chi connectivity index (χ3n) is 2.81. The van der Waals surface area contributed by atoms with Gasteiger partial charge in [0.1, 0.15) is 11.7 Å². The van der Waals surface area contributed by atoms with E-state index in [0.29, 0.717) is 6.54 Å². The molecule has 92 valence electrons. The number of aliphatic hydroxyl groups is 1. The van der Waals surface area contributed by atoms with Crippen LogP contribution in [0, 0.1) is 0 Å². The van der Waals surface area contributed by atoms with E-state index in [1.165, 1.54) is 0 Å². The maximum atomic E-state index is 11.9. The van der Waals surface area contributed by atoms with Gasteiger partial charge in [-0.25, -0.2) is 4.79 Å². The summed E-state index contributed by atoms with van der Waals surface area (Å²) in [5.41, 5.74) is -0.479. The van der Waals surface area contributed by atoms with Crippen LogP contribution in [0.15, 0.2) is 0 Å². The average molecular weight is 229 g/mol. The number of nitrogens with zero attached hydrogens (tertiary/aromatic N) is 1. The van der Waals surface area contributed by atoms with Crippen molar-refractivity contribution in [2.45, 2.75) is 57.6 Å². The molecule has 0 aromatic carbocycles. The molecule has 2 aliphatic rings. The number of amides is 1. The van der Waals surface area contributed by atoms with E-state index in [2.05, 4.69) is 0 Å². The predicted octanol–water partition coefficient (Wildman–Crippen LogP) is 1.10. The summed E-state index contributed by atoms with van der Waals surface area (Å²) in [6.45, 7) is 6.22. The van der Waals surface area contributed by atoms with Crippen molar-refractivity contribution in [1.82, 2.24) is 4.90 Å². The van der Waals surface area contributed by atoms with Crippen molar-refractivity contribution < 1.29 is 19.4 Å². The first-order chi connectivity index (χ1) is 7.38. The van der Waals surface area contributed by atoms with E-state index >= 15 is 0 Å². The second-order valence-electron chi connectivity index (χ2n) is 5.37. The molecule has 0 radical (unpaired) electrons. The Kier molecular flexibility index (Phi) is 2.84. The minimum absolute atomic E-state index is 0.0233. The minimum atomic E-state index is -0.701. The molecule has 2 heterocycles. The predicted molar refractivity (Wildman–Crippen MR) is 56.8 cm³/mol. The van der Waals surface area contributed by atoms with Crippen LogP contribution in [0.4, 0.5) is 4.79 Å². The van der Waals surface area contributed by atoms with Gasteiger partial charge in [0.05, 0.1) is 6.04 Å². The van der Waals surface area contributed by atoms with Crippen LogP contribution in [-0.2, 0) is 9.47 Å². The van der Waals surface area contributed by atoms with Gasteiger partial charge in [-0.05, 0) is 33.6 Å². The smallest absolute Gasteiger partial charge is 0.410 e. The summed E-state index contributed by atoms with van der Waals surface area (Å²) in [5, 5.41) is 9.22. The van der Waals surface area contributed by atoms with Crippen molar-refractivity contribution in [1.29, 1.82) is 0 Å². The number of aliphatic hydroxyl groups excluding tert-OH is 1. The molecule has 0 aromatic rings. The fraction of sp³-hybridized carbons (Fsp3) is 0.909. The van der Waals surface area contributed by atoms with E-state index in [0.717, 1.165) is 12.8 Å². The van der Waals surface area contributed by atoms with Gasteiger partial charge in [-0.15, -0.1) is 0 Å². The summed E-state index contributed by atoms with van der Waals surface area (Å²) in [5.74, 6) is 0. The quantitative estimate of drug-likeness (QED) is 0.684. The Bertz CT molecular complexity index is 286. The summed E-state index contributed by atoms with van der Waals surface area (Å²) in [6, 6.07) is -0.0233. The van der Waals surface area contributed by atoms with E-state index in [1.807, 2.05) is 20.8 Å². The van der Waals surface area contributed by atoms with Gasteiger partial charge in [-0.1, -0.05) is 0 Å². The highest BCUT2D eigenvalue weighted by Gasteiger charge is 2.49. The zero-order chi connectivity index (χ0) is 11.9. The van der Waals surface area contributed by atoms with Crippen LogP contribution >= 0.6 is 0 Å². The Balaban J connectivity index is 1.95. The van der Waals surface area contributed by atoms with Crippen LogP contribution in [0.1, 0.15) is 33.6 Å². The molecule has 3 unspecified atom stereocenters. The Morgan fingerprint density at radius 3 is 2.62 bits per heavy atom. The van der Waals surface area contributed by atoms with Crippen LogP contribution in [0.3, 0.4) is 0 Å². The van der Waals surface area contributed by atoms with E-state index in [1.54, 1.807) is 4.90 Å². The first-order valence-corrected chi connectivity index (χ1v) is 5.71. The molecular weight excluding hydrogens is 210 g/mol. The lowest BCUT2D eigenvalue weighted by atomic mass is 10.1. The molecule has 2 rings (SSSR count). The number of carbonyl (C=O) groups is 1. The van der Waals surface area contributed by atoms with Gasteiger partial charge < -0.3 is 19.5 Å². The summed E-state index contributed by atoms with van der Waals surface area (Å²) in [4.78, 5) is 13.5. The van der Waals surface area contributed by atoms with Gasteiger partial charge in [0.25, 0.3) is 0 Å². The zero-order valence-corrected chi connectivity index (χ0v) is 9.97. The van der Waals surface area contributed by atoms with Gasteiger partial charge in [0.15, 0.2) is 6.29 Å². The van der Waals surface area contributed by atoms with Gasteiger partial charge in [-0.3, -0.25) is 0 Å². The van der Waals surface area contributed by atoms with Crippen LogP contribution in [-0.4, -0.2) is 46.7 Å². The maximum absolute atomic E-state index is 11.9. The van der Waals surface area contributed by atoms with Crippen LogP contribution < -0.4 is 0 Å². The van der Waals surface area contributed by atoms with Crippen molar-refractivity contribution in [3.05, 3.63) is 0 Å². The second-order valence-corrected chi connectivity index (χ2v) is 5.37. The maximum Gasteiger partial charge on any atom is 0.410 e. The molecule has 0 saturated carbocycles. The van der Waals surface area contributed by atoms with E-state index in [4.69, 9.17) is 9.47 Å². The van der Waals surface area contributed by atoms with Crippen LogP contribution in [0.5, 0.6) is 0 Å². The Hall–Kier alpha value is -0.810. The number of hydrogen-bond donors (Lipinski definition) is 1. The summed E-state index contributed by atoms with van der Waals surface area (Å²) in [7, 11) is 0. The van der Waals surface area contributed by atoms with Gasteiger partial charge in [0.2, 0.25) is 0 Å². The van der Waals surface area contributed by atoms with Crippen molar-refractivity contribution in [2.24, 2.45) is 0 Å². The van der Waals surface area contributed by atoms with Crippen LogP contribution in [0.25, 0.3) is 0 Å². The van der Waals surface area contributed by atoms with E-state index in [9.17, 15) is 9.90 Å². The molecule has 5 nitrogen and oxygen atoms in total. The number of hydrogen-bond acceptors (Lipinski definition) is 4. The highest BCUT2D eigenvalue weighted by molar-refractivity contribution is 5.69. The fourth-order valence-electron chi connectivity index (χ4n) is 2.08. The average Bonchev–Trinajstić information content (AvgIpc) is 2.68. The molecule has 2 saturated heterocycles. The van der Waals surface area contributed by atoms with Gasteiger partial charge in [-0.2, -0.15) is 0 Å².